The van der Waals surface area contributed by atoms with Crippen LogP contribution >= 0.6 is 45.2 Å². The third kappa shape index (κ3) is 4.23. The molecule has 0 rings (SSSR count). The van der Waals surface area contributed by atoms with E-state index in [1.165, 1.54) is 0 Å². The summed E-state index contributed by atoms with van der Waals surface area (Å²) in [4.78, 5) is 0. The topological polar surface area (TPSA) is 29.5 Å². The van der Waals surface area contributed by atoms with Gasteiger partial charge in [-0.15, -0.1) is 0 Å². The summed E-state index contributed by atoms with van der Waals surface area (Å²) >= 11 is 4.52. The number of aliphatic hydroxyl groups excluding tert-OH is 1. The molecule has 0 fully saturated rings. The molecule has 2 nitrogen and oxygen atoms in total. The van der Waals surface area contributed by atoms with Crippen LogP contribution in [0.15, 0.2) is 0 Å². The molecule has 0 aliphatic carbocycles. The zero-order valence-electron chi connectivity index (χ0n) is 7.03. The fourth-order valence-electron chi connectivity index (χ4n) is 0.390. The monoisotopic (exact) mass is 384 g/mol. The van der Waals surface area contributed by atoms with Gasteiger partial charge in [-0.25, -0.2) is 0 Å². The van der Waals surface area contributed by atoms with Crippen LogP contribution in [0.4, 0.5) is 0 Å². The van der Waals surface area contributed by atoms with Gasteiger partial charge >= 0.3 is 0 Å². The molecule has 0 heterocycles. The molecule has 0 aromatic rings. The van der Waals surface area contributed by atoms with Gasteiger partial charge in [0.05, 0.1) is 13.2 Å². The van der Waals surface area contributed by atoms with Crippen LogP contribution in [0.5, 0.6) is 0 Å². The van der Waals surface area contributed by atoms with Crippen molar-refractivity contribution in [3.63, 3.8) is 0 Å². The highest BCUT2D eigenvalue weighted by Gasteiger charge is 2.37. The maximum atomic E-state index is 8.56. The van der Waals surface area contributed by atoms with Crippen molar-refractivity contribution in [2.45, 2.75) is 22.4 Å². The van der Waals surface area contributed by atoms with Crippen molar-refractivity contribution in [3.05, 3.63) is 0 Å². The average Bonchev–Trinajstić information content (AvgIpc) is 1.81. The largest absolute Gasteiger partial charge is 0.394 e. The highest BCUT2D eigenvalue weighted by atomic mass is 127. The first-order chi connectivity index (χ1) is 4.81. The first-order valence-corrected chi connectivity index (χ1v) is 5.59. The van der Waals surface area contributed by atoms with E-state index in [-0.39, 0.29) is 13.6 Å². The minimum absolute atomic E-state index is 0.0866. The molecule has 0 aromatic carbocycles. The molecule has 0 aliphatic rings. The van der Waals surface area contributed by atoms with E-state index in [9.17, 15) is 0 Å². The summed E-state index contributed by atoms with van der Waals surface area (Å²) in [5.41, 5.74) is 0.0866. The molecule has 11 heavy (non-hydrogen) atoms. The molecule has 0 aliphatic heterocycles. The molecule has 4 heteroatoms. The minimum atomic E-state index is -0.231. The van der Waals surface area contributed by atoms with Crippen LogP contribution in [0.3, 0.4) is 0 Å². The molecule has 0 atom stereocenters. The summed E-state index contributed by atoms with van der Waals surface area (Å²) in [6.45, 7) is 6.84. The second kappa shape index (κ2) is 4.57. The Morgan fingerprint density at radius 1 is 1.27 bits per heavy atom. The summed E-state index contributed by atoms with van der Waals surface area (Å²) in [7, 11) is 0. The van der Waals surface area contributed by atoms with E-state index in [0.717, 1.165) is 0 Å². The van der Waals surface area contributed by atoms with Crippen molar-refractivity contribution in [1.29, 1.82) is 0 Å². The Morgan fingerprint density at radius 2 is 1.73 bits per heavy atom. The lowest BCUT2D eigenvalue weighted by Gasteiger charge is -2.34. The smallest absolute Gasteiger partial charge is 0.174 e. The number of aliphatic hydroxyl groups is 1. The molecule has 0 saturated heterocycles. The van der Waals surface area contributed by atoms with Crippen LogP contribution in [0, 0.1) is 5.41 Å². The summed E-state index contributed by atoms with van der Waals surface area (Å²) < 4.78 is 5.24. The lowest BCUT2D eigenvalue weighted by atomic mass is 9.98. The first kappa shape index (κ1) is 12.4. The number of hydrogen-bond acceptors (Lipinski definition) is 2. The molecule has 0 bridgehead atoms. The minimum Gasteiger partial charge on any atom is -0.394 e. The Labute approximate surface area is 95.4 Å². The van der Waals surface area contributed by atoms with Gasteiger partial charge < -0.3 is 9.84 Å². The summed E-state index contributed by atoms with van der Waals surface area (Å²) in [6, 6.07) is 0. The van der Waals surface area contributed by atoms with Gasteiger partial charge in [-0.05, 0) is 45.2 Å². The fourth-order valence-corrected chi connectivity index (χ4v) is 0.831. The number of alkyl halides is 2. The van der Waals surface area contributed by atoms with Crippen LogP contribution in [0.25, 0.3) is 0 Å². The van der Waals surface area contributed by atoms with Gasteiger partial charge in [-0.1, -0.05) is 20.8 Å². The van der Waals surface area contributed by atoms with Gasteiger partial charge in [0.25, 0.3) is 0 Å². The quantitative estimate of drug-likeness (QED) is 0.599. The van der Waals surface area contributed by atoms with Crippen LogP contribution in [-0.4, -0.2) is 19.9 Å². The molecular weight excluding hydrogens is 370 g/mol. The van der Waals surface area contributed by atoms with Crippen molar-refractivity contribution in [2.75, 3.05) is 13.2 Å². The highest BCUT2D eigenvalue weighted by molar-refractivity contribution is 14.2. The zero-order valence-corrected chi connectivity index (χ0v) is 11.3. The van der Waals surface area contributed by atoms with Crippen molar-refractivity contribution >= 4 is 45.2 Å². The van der Waals surface area contributed by atoms with E-state index >= 15 is 0 Å². The number of ether oxygens (including phenoxy) is 1. The van der Waals surface area contributed by atoms with Crippen molar-refractivity contribution in [1.82, 2.24) is 0 Å². The normalized spacial score (nSPS) is 13.6. The lowest BCUT2D eigenvalue weighted by molar-refractivity contribution is 0.0229. The molecule has 1 N–H and O–H groups in total. The zero-order chi connectivity index (χ0) is 9.12. The van der Waals surface area contributed by atoms with E-state index in [1.54, 1.807) is 0 Å². The average molecular weight is 384 g/mol. The molecule has 0 radical (unpaired) electrons. The second-order valence-electron chi connectivity index (χ2n) is 3.34. The van der Waals surface area contributed by atoms with Crippen molar-refractivity contribution < 1.29 is 9.84 Å². The summed E-state index contributed by atoms with van der Waals surface area (Å²) in [6.07, 6.45) is 0. The summed E-state index contributed by atoms with van der Waals surface area (Å²) in [5, 5.41) is 8.56. The number of rotatable bonds is 3. The Bertz CT molecular complexity index is 118. The molecule has 0 unspecified atom stereocenters. The predicted octanol–water partition coefficient (Wildman–Crippen LogP) is 2.57. The SMILES string of the molecule is CC(C)(C)C(I)(I)OCCO. The first-order valence-electron chi connectivity index (χ1n) is 3.44. The third-order valence-electron chi connectivity index (χ3n) is 1.25. The molecule has 68 valence electrons. The van der Waals surface area contributed by atoms with Gasteiger partial charge in [0.15, 0.2) is 1.61 Å². The van der Waals surface area contributed by atoms with Gasteiger partial charge in [0, 0.05) is 5.41 Å². The van der Waals surface area contributed by atoms with Gasteiger partial charge in [-0.2, -0.15) is 0 Å². The molecule has 0 aromatic heterocycles. The predicted molar refractivity (Wildman–Crippen MR) is 63.3 cm³/mol. The van der Waals surface area contributed by atoms with E-state index in [1.807, 2.05) is 0 Å². The summed E-state index contributed by atoms with van der Waals surface area (Å²) in [5.74, 6) is 0. The van der Waals surface area contributed by atoms with E-state index < -0.39 is 0 Å². The van der Waals surface area contributed by atoms with Crippen LogP contribution < -0.4 is 0 Å². The van der Waals surface area contributed by atoms with Crippen molar-refractivity contribution in [3.8, 4) is 0 Å². The molecular formula is C7H14I2O2. The second-order valence-corrected chi connectivity index (χ2v) is 8.44. The van der Waals surface area contributed by atoms with E-state index in [0.29, 0.717) is 6.61 Å². The Balaban J connectivity index is 4.00. The lowest BCUT2D eigenvalue weighted by Crippen LogP contribution is -2.33. The fraction of sp³-hybridized carbons (Fsp3) is 1.00. The number of hydrogen-bond donors (Lipinski definition) is 1. The Hall–Kier alpha value is 1.38. The Kier molecular flexibility index (Phi) is 5.14. The molecule has 0 amide bonds. The maximum Gasteiger partial charge on any atom is 0.174 e. The third-order valence-corrected chi connectivity index (χ3v) is 5.11. The molecule has 0 spiro atoms. The Morgan fingerprint density at radius 3 is 2.00 bits per heavy atom. The maximum absolute atomic E-state index is 8.56. The van der Waals surface area contributed by atoms with Gasteiger partial charge in [0.1, 0.15) is 0 Å². The van der Waals surface area contributed by atoms with Gasteiger partial charge in [0.2, 0.25) is 0 Å². The highest BCUT2D eigenvalue weighted by Crippen LogP contribution is 2.45. The van der Waals surface area contributed by atoms with Crippen LogP contribution in [-0.2, 0) is 4.74 Å². The molecule has 0 saturated carbocycles. The van der Waals surface area contributed by atoms with E-state index in [4.69, 9.17) is 9.84 Å². The van der Waals surface area contributed by atoms with E-state index in [2.05, 4.69) is 66.0 Å². The number of halogens is 2. The van der Waals surface area contributed by atoms with Crippen LogP contribution in [0.1, 0.15) is 20.8 Å². The van der Waals surface area contributed by atoms with Gasteiger partial charge in [-0.3, -0.25) is 0 Å². The van der Waals surface area contributed by atoms with Crippen LogP contribution in [0.2, 0.25) is 0 Å². The van der Waals surface area contributed by atoms with Crippen molar-refractivity contribution in [2.24, 2.45) is 5.41 Å². The standard InChI is InChI=1S/C7H14I2O2/c1-6(2,3)7(8,9)11-5-4-10/h10H,4-5H2,1-3H3.